The Morgan fingerprint density at radius 2 is 1.83 bits per heavy atom. The number of nitrogens with one attached hydrogen (secondary N) is 1. The highest BCUT2D eigenvalue weighted by molar-refractivity contribution is 6.30. The molecule has 3 aromatic rings. The molecule has 0 bridgehead atoms. The van der Waals surface area contributed by atoms with Crippen LogP contribution in [0, 0.1) is 0 Å². The molecule has 1 aromatic heterocycles. The van der Waals surface area contributed by atoms with E-state index in [1.807, 2.05) is 4.98 Å². The number of ketones is 1. The molecule has 146 valence electrons. The lowest BCUT2D eigenvalue weighted by Crippen LogP contribution is -2.32. The lowest BCUT2D eigenvalue weighted by molar-refractivity contribution is 0.104. The largest absolute Gasteiger partial charge is 0.493 e. The second kappa shape index (κ2) is 7.33. The van der Waals surface area contributed by atoms with E-state index in [0.717, 1.165) is 10.6 Å². The highest BCUT2D eigenvalue weighted by Crippen LogP contribution is 2.32. The van der Waals surface area contributed by atoms with Gasteiger partial charge < -0.3 is 14.6 Å². The number of carbonyl (C=O) groups excluding carboxylic acids is 1. The molecule has 1 aliphatic heterocycles. The van der Waals surface area contributed by atoms with Gasteiger partial charge >= 0.3 is 5.69 Å². The number of carbonyl (C=O) groups is 1. The maximum absolute atomic E-state index is 12.6. The zero-order chi connectivity index (χ0) is 20.5. The molecule has 0 saturated carbocycles. The molecule has 2 aromatic carbocycles. The third-order valence-corrected chi connectivity index (χ3v) is 4.49. The first-order valence-corrected chi connectivity index (χ1v) is 8.78. The molecule has 4 rings (SSSR count). The summed E-state index contributed by atoms with van der Waals surface area (Å²) in [6.45, 7) is 0.122. The van der Waals surface area contributed by atoms with Gasteiger partial charge in [0.2, 0.25) is 12.7 Å². The second-order valence-electron chi connectivity index (χ2n) is 6.08. The summed E-state index contributed by atoms with van der Waals surface area (Å²) in [6.07, 6.45) is 2.58. The third-order valence-electron chi connectivity index (χ3n) is 4.24. The summed E-state index contributed by atoms with van der Waals surface area (Å²) in [5, 5.41) is 10.9. The Balaban J connectivity index is 1.71. The van der Waals surface area contributed by atoms with Crippen molar-refractivity contribution in [3.8, 4) is 23.1 Å². The van der Waals surface area contributed by atoms with E-state index < -0.39 is 28.5 Å². The fraction of sp³-hybridized carbons (Fsp3) is 0.0500. The van der Waals surface area contributed by atoms with Crippen LogP contribution in [0.1, 0.15) is 15.9 Å². The molecule has 2 heterocycles. The topological polar surface area (TPSA) is 111 Å². The Hall–Kier alpha value is -3.78. The van der Waals surface area contributed by atoms with Gasteiger partial charge in [0.25, 0.3) is 5.56 Å². The average Bonchev–Trinajstić information content (AvgIpc) is 3.15. The van der Waals surface area contributed by atoms with Gasteiger partial charge in [-0.2, -0.15) is 0 Å². The Bertz CT molecular complexity index is 1260. The number of halogens is 1. The minimum absolute atomic E-state index is 0.122. The molecule has 29 heavy (non-hydrogen) atoms. The van der Waals surface area contributed by atoms with Crippen molar-refractivity contribution in [2.24, 2.45) is 0 Å². The summed E-state index contributed by atoms with van der Waals surface area (Å²) in [6, 6.07) is 11.0. The third kappa shape index (κ3) is 3.53. The van der Waals surface area contributed by atoms with Crippen molar-refractivity contribution >= 4 is 23.5 Å². The highest BCUT2D eigenvalue weighted by atomic mass is 35.5. The fourth-order valence-electron chi connectivity index (χ4n) is 2.85. The number of H-pyrrole nitrogens is 1. The predicted octanol–water partition coefficient (Wildman–Crippen LogP) is 2.51. The summed E-state index contributed by atoms with van der Waals surface area (Å²) in [4.78, 5) is 39.0. The van der Waals surface area contributed by atoms with Gasteiger partial charge in [-0.1, -0.05) is 23.7 Å². The van der Waals surface area contributed by atoms with Crippen LogP contribution in [0.3, 0.4) is 0 Å². The molecule has 8 nitrogen and oxygen atoms in total. The number of nitrogens with zero attached hydrogens (tertiary/aromatic N) is 1. The number of benzene rings is 2. The van der Waals surface area contributed by atoms with Crippen molar-refractivity contribution in [2.75, 3.05) is 6.79 Å². The van der Waals surface area contributed by atoms with Crippen LogP contribution in [0.4, 0.5) is 0 Å². The van der Waals surface area contributed by atoms with E-state index in [-0.39, 0.29) is 12.5 Å². The molecule has 0 atom stereocenters. The molecule has 0 unspecified atom stereocenters. The molecule has 0 fully saturated rings. The van der Waals surface area contributed by atoms with Crippen LogP contribution in [-0.4, -0.2) is 27.2 Å². The SMILES string of the molecule is O=C(/C=C/c1ccc2c(c1)OCO2)c1c(O)n(-c2ccc(Cl)cc2)c(=O)[nH]c1=O. The number of hydrogen-bond acceptors (Lipinski definition) is 6. The minimum atomic E-state index is -0.988. The van der Waals surface area contributed by atoms with E-state index in [1.54, 1.807) is 18.2 Å². The molecule has 0 spiro atoms. The van der Waals surface area contributed by atoms with Crippen molar-refractivity contribution in [3.63, 3.8) is 0 Å². The predicted molar refractivity (Wildman–Crippen MR) is 105 cm³/mol. The van der Waals surface area contributed by atoms with Crippen LogP contribution in [0.5, 0.6) is 17.4 Å². The summed E-state index contributed by atoms with van der Waals surface area (Å²) >= 11 is 5.83. The summed E-state index contributed by atoms with van der Waals surface area (Å²) in [5.74, 6) is -0.403. The van der Waals surface area contributed by atoms with Crippen molar-refractivity contribution in [3.05, 3.63) is 85.5 Å². The van der Waals surface area contributed by atoms with Gasteiger partial charge in [-0.15, -0.1) is 0 Å². The average molecular weight is 413 g/mol. The normalized spacial score (nSPS) is 12.4. The first-order valence-electron chi connectivity index (χ1n) is 8.40. The van der Waals surface area contributed by atoms with E-state index in [0.29, 0.717) is 22.1 Å². The molecule has 1 aliphatic rings. The number of aromatic amines is 1. The van der Waals surface area contributed by atoms with Crippen LogP contribution >= 0.6 is 11.6 Å². The zero-order valence-corrected chi connectivity index (χ0v) is 15.5. The number of fused-ring (bicyclic) bond motifs is 1. The maximum Gasteiger partial charge on any atom is 0.335 e. The summed E-state index contributed by atoms with van der Waals surface area (Å²) < 4.78 is 11.3. The lowest BCUT2D eigenvalue weighted by Gasteiger charge is -2.10. The zero-order valence-electron chi connectivity index (χ0n) is 14.7. The lowest BCUT2D eigenvalue weighted by atomic mass is 10.1. The van der Waals surface area contributed by atoms with Gasteiger partial charge in [0.1, 0.15) is 5.56 Å². The molecule has 9 heteroatoms. The first kappa shape index (κ1) is 18.6. The highest BCUT2D eigenvalue weighted by Gasteiger charge is 2.20. The first-order chi connectivity index (χ1) is 13.9. The standard InChI is InChI=1S/C20H13ClN2O6/c21-12-3-5-13(6-4-12)23-19(26)17(18(25)22-20(23)27)14(24)7-1-11-2-8-15-16(9-11)29-10-28-15/h1-9,26H,10H2,(H,22,25,27)/b7-1+. The van der Waals surface area contributed by atoms with Gasteiger partial charge in [-0.3, -0.25) is 14.6 Å². The van der Waals surface area contributed by atoms with E-state index in [2.05, 4.69) is 0 Å². The smallest absolute Gasteiger partial charge is 0.335 e. The number of ether oxygens (including phenoxy) is 2. The molecule has 0 radical (unpaired) electrons. The summed E-state index contributed by atoms with van der Waals surface area (Å²) in [7, 11) is 0. The van der Waals surface area contributed by atoms with Crippen molar-refractivity contribution in [2.45, 2.75) is 0 Å². The Kier molecular flexibility index (Phi) is 4.69. The fourth-order valence-corrected chi connectivity index (χ4v) is 2.97. The van der Waals surface area contributed by atoms with Crippen LogP contribution in [0.25, 0.3) is 11.8 Å². The molecule has 0 saturated heterocycles. The van der Waals surface area contributed by atoms with Crippen LogP contribution < -0.4 is 20.7 Å². The van der Waals surface area contributed by atoms with Crippen molar-refractivity contribution in [1.82, 2.24) is 9.55 Å². The van der Waals surface area contributed by atoms with Gasteiger partial charge in [-0.25, -0.2) is 9.36 Å². The van der Waals surface area contributed by atoms with Crippen molar-refractivity contribution in [1.29, 1.82) is 0 Å². The Morgan fingerprint density at radius 1 is 1.10 bits per heavy atom. The number of hydrogen-bond donors (Lipinski definition) is 2. The molecular formula is C20H13ClN2O6. The second-order valence-corrected chi connectivity index (χ2v) is 6.52. The van der Waals surface area contributed by atoms with E-state index >= 15 is 0 Å². The number of aromatic nitrogens is 2. The van der Waals surface area contributed by atoms with E-state index in [4.69, 9.17) is 21.1 Å². The van der Waals surface area contributed by atoms with Gasteiger partial charge in [0.05, 0.1) is 5.69 Å². The van der Waals surface area contributed by atoms with Crippen molar-refractivity contribution < 1.29 is 19.4 Å². The Morgan fingerprint density at radius 3 is 2.59 bits per heavy atom. The minimum Gasteiger partial charge on any atom is -0.493 e. The molecule has 0 amide bonds. The van der Waals surface area contributed by atoms with E-state index in [1.165, 1.54) is 30.3 Å². The van der Waals surface area contributed by atoms with Gasteiger partial charge in [0, 0.05) is 5.02 Å². The van der Waals surface area contributed by atoms with Gasteiger partial charge in [-0.05, 0) is 48.0 Å². The summed E-state index contributed by atoms with van der Waals surface area (Å²) in [5.41, 5.74) is -1.56. The van der Waals surface area contributed by atoms with Crippen LogP contribution in [0.2, 0.25) is 5.02 Å². The molecular weight excluding hydrogens is 400 g/mol. The molecule has 0 aliphatic carbocycles. The maximum atomic E-state index is 12.6. The quantitative estimate of drug-likeness (QED) is 0.503. The monoisotopic (exact) mass is 412 g/mol. The van der Waals surface area contributed by atoms with Gasteiger partial charge in [0.15, 0.2) is 17.3 Å². The number of allylic oxidation sites excluding steroid dienone is 1. The number of aromatic hydroxyl groups is 1. The van der Waals surface area contributed by atoms with Crippen LogP contribution in [-0.2, 0) is 0 Å². The van der Waals surface area contributed by atoms with Crippen LogP contribution in [0.15, 0.2) is 58.1 Å². The molecule has 2 N–H and O–H groups in total. The van der Waals surface area contributed by atoms with E-state index in [9.17, 15) is 19.5 Å². The Labute approximate surface area is 168 Å². The number of rotatable bonds is 4.